The number of nitrogens with one attached hydrogen (secondary N) is 2. The lowest BCUT2D eigenvalue weighted by atomic mass is 10.2. The Kier molecular flexibility index (Phi) is 4.31. The maximum Gasteiger partial charge on any atom is 0.251 e. The molecule has 0 bridgehead atoms. The number of rotatable bonds is 3. The van der Waals surface area contributed by atoms with Crippen LogP contribution in [0.5, 0.6) is 0 Å². The van der Waals surface area contributed by atoms with Gasteiger partial charge in [0.25, 0.3) is 5.91 Å². The van der Waals surface area contributed by atoms with Crippen LogP contribution in [0.4, 0.5) is 5.69 Å². The summed E-state index contributed by atoms with van der Waals surface area (Å²) in [5.74, 6) is -0.361. The van der Waals surface area contributed by atoms with E-state index in [1.54, 1.807) is 32.2 Å². The van der Waals surface area contributed by atoms with Crippen molar-refractivity contribution < 1.29 is 9.59 Å². The number of carbonyl (C=O) groups is 2. The molecule has 0 saturated heterocycles. The predicted molar refractivity (Wildman–Crippen MR) is 63.8 cm³/mol. The van der Waals surface area contributed by atoms with E-state index in [2.05, 4.69) is 10.6 Å². The summed E-state index contributed by atoms with van der Waals surface area (Å²) in [7, 11) is 1.54. The van der Waals surface area contributed by atoms with Gasteiger partial charge in [-0.3, -0.25) is 9.59 Å². The van der Waals surface area contributed by atoms with Gasteiger partial charge in [0.15, 0.2) is 0 Å². The van der Waals surface area contributed by atoms with Crippen LogP contribution in [-0.4, -0.2) is 18.9 Å². The number of hydrogen-bond donors (Lipinski definition) is 2. The average Bonchev–Trinajstić information content (AvgIpc) is 2.30. The minimum Gasteiger partial charge on any atom is -0.355 e. The van der Waals surface area contributed by atoms with Gasteiger partial charge in [0.1, 0.15) is 0 Å². The molecule has 1 aromatic rings. The Morgan fingerprint density at radius 2 is 2.06 bits per heavy atom. The number of hydrogen-bond acceptors (Lipinski definition) is 2. The van der Waals surface area contributed by atoms with Crippen molar-refractivity contribution in [1.82, 2.24) is 5.32 Å². The number of carbonyl (C=O) groups excluding carboxylic acids is 2. The van der Waals surface area contributed by atoms with Crippen LogP contribution in [0.2, 0.25) is 5.02 Å². The molecule has 2 N–H and O–H groups in total. The summed E-state index contributed by atoms with van der Waals surface area (Å²) >= 11 is 5.90. The van der Waals surface area contributed by atoms with Crippen molar-refractivity contribution in [1.29, 1.82) is 0 Å². The number of anilines is 1. The Morgan fingerprint density at radius 3 is 2.62 bits per heavy atom. The molecule has 4 nitrogen and oxygen atoms in total. The standard InChI is InChI=1S/C11H13ClN2O2/c1-3-10(15)14-9-6-7(11(16)13-2)4-5-8(9)12/h4-6H,3H2,1-2H3,(H,13,16)(H,14,15). The van der Waals surface area contributed by atoms with E-state index >= 15 is 0 Å². The summed E-state index contributed by atoms with van der Waals surface area (Å²) in [4.78, 5) is 22.6. The van der Waals surface area contributed by atoms with Crippen molar-refractivity contribution in [3.05, 3.63) is 28.8 Å². The van der Waals surface area contributed by atoms with Crippen molar-refractivity contribution in [2.75, 3.05) is 12.4 Å². The molecule has 86 valence electrons. The van der Waals surface area contributed by atoms with E-state index in [0.717, 1.165) is 0 Å². The van der Waals surface area contributed by atoms with E-state index in [1.165, 1.54) is 0 Å². The maximum atomic E-state index is 11.4. The smallest absolute Gasteiger partial charge is 0.251 e. The van der Waals surface area contributed by atoms with Crippen molar-refractivity contribution in [2.45, 2.75) is 13.3 Å². The largest absolute Gasteiger partial charge is 0.355 e. The molecule has 0 fully saturated rings. The second-order valence-electron chi connectivity index (χ2n) is 3.18. The van der Waals surface area contributed by atoms with Gasteiger partial charge in [0.2, 0.25) is 5.91 Å². The summed E-state index contributed by atoms with van der Waals surface area (Å²) in [6.07, 6.45) is 0.362. The predicted octanol–water partition coefficient (Wildman–Crippen LogP) is 2.05. The zero-order valence-corrected chi connectivity index (χ0v) is 9.89. The molecule has 0 aliphatic carbocycles. The SMILES string of the molecule is CCC(=O)Nc1cc(C(=O)NC)ccc1Cl. The summed E-state index contributed by atoms with van der Waals surface area (Å²) < 4.78 is 0. The van der Waals surface area contributed by atoms with Gasteiger partial charge in [-0.15, -0.1) is 0 Å². The third kappa shape index (κ3) is 2.97. The normalized spacial score (nSPS) is 9.69. The van der Waals surface area contributed by atoms with Crippen LogP contribution < -0.4 is 10.6 Å². The molecule has 1 aromatic carbocycles. The minimum atomic E-state index is -0.219. The van der Waals surface area contributed by atoms with Crippen molar-refractivity contribution in [2.24, 2.45) is 0 Å². The van der Waals surface area contributed by atoms with Gasteiger partial charge in [-0.1, -0.05) is 18.5 Å². The third-order valence-electron chi connectivity index (χ3n) is 2.05. The van der Waals surface area contributed by atoms with Crippen LogP contribution in [-0.2, 0) is 4.79 Å². The molecule has 0 heterocycles. The maximum absolute atomic E-state index is 11.4. The van der Waals surface area contributed by atoms with Crippen molar-refractivity contribution >= 4 is 29.1 Å². The summed E-state index contributed by atoms with van der Waals surface area (Å²) in [5.41, 5.74) is 0.910. The number of amides is 2. The molecule has 0 aliphatic heterocycles. The first kappa shape index (κ1) is 12.5. The van der Waals surface area contributed by atoms with Crippen LogP contribution in [0.25, 0.3) is 0 Å². The Hall–Kier alpha value is -1.55. The van der Waals surface area contributed by atoms with Gasteiger partial charge in [-0.05, 0) is 18.2 Å². The first-order valence-corrected chi connectivity index (χ1v) is 5.27. The molecule has 0 unspecified atom stereocenters. The number of halogens is 1. The van der Waals surface area contributed by atoms with Crippen molar-refractivity contribution in [3.63, 3.8) is 0 Å². The highest BCUT2D eigenvalue weighted by atomic mass is 35.5. The molecule has 1 rings (SSSR count). The average molecular weight is 241 g/mol. The molecule has 16 heavy (non-hydrogen) atoms. The lowest BCUT2D eigenvalue weighted by Gasteiger charge is -2.08. The van der Waals surface area contributed by atoms with E-state index < -0.39 is 0 Å². The van der Waals surface area contributed by atoms with Crippen LogP contribution in [0.3, 0.4) is 0 Å². The Balaban J connectivity index is 2.99. The molecule has 0 saturated carbocycles. The highest BCUT2D eigenvalue weighted by Gasteiger charge is 2.08. The molecular weight excluding hydrogens is 228 g/mol. The lowest BCUT2D eigenvalue weighted by molar-refractivity contribution is -0.115. The van der Waals surface area contributed by atoms with Crippen LogP contribution in [0.1, 0.15) is 23.7 Å². The van der Waals surface area contributed by atoms with Gasteiger partial charge in [0.05, 0.1) is 10.7 Å². The topological polar surface area (TPSA) is 58.2 Å². The van der Waals surface area contributed by atoms with E-state index in [1.807, 2.05) is 0 Å². The zero-order chi connectivity index (χ0) is 12.1. The fraction of sp³-hybridized carbons (Fsp3) is 0.273. The first-order valence-electron chi connectivity index (χ1n) is 4.90. The van der Waals surface area contributed by atoms with E-state index in [0.29, 0.717) is 22.7 Å². The fourth-order valence-electron chi connectivity index (χ4n) is 1.15. The van der Waals surface area contributed by atoms with Crippen LogP contribution in [0, 0.1) is 0 Å². The summed E-state index contributed by atoms with van der Waals surface area (Å²) in [6, 6.07) is 4.73. The Bertz CT molecular complexity index is 418. The highest BCUT2D eigenvalue weighted by Crippen LogP contribution is 2.23. The van der Waals surface area contributed by atoms with Gasteiger partial charge >= 0.3 is 0 Å². The number of benzene rings is 1. The molecule has 0 spiro atoms. The van der Waals surface area contributed by atoms with E-state index in [4.69, 9.17) is 11.6 Å². The monoisotopic (exact) mass is 240 g/mol. The second kappa shape index (κ2) is 5.51. The Morgan fingerprint density at radius 1 is 1.38 bits per heavy atom. The van der Waals surface area contributed by atoms with Crippen LogP contribution >= 0.6 is 11.6 Å². The van der Waals surface area contributed by atoms with Crippen LogP contribution in [0.15, 0.2) is 18.2 Å². The molecule has 5 heteroatoms. The van der Waals surface area contributed by atoms with Crippen molar-refractivity contribution in [3.8, 4) is 0 Å². The summed E-state index contributed by atoms with van der Waals surface area (Å²) in [6.45, 7) is 1.74. The molecular formula is C11H13ClN2O2. The first-order chi connectivity index (χ1) is 7.58. The Labute approximate surface area is 99.0 Å². The zero-order valence-electron chi connectivity index (χ0n) is 9.13. The van der Waals surface area contributed by atoms with Gasteiger partial charge in [-0.2, -0.15) is 0 Å². The van der Waals surface area contributed by atoms with E-state index in [-0.39, 0.29) is 11.8 Å². The second-order valence-corrected chi connectivity index (χ2v) is 3.58. The highest BCUT2D eigenvalue weighted by molar-refractivity contribution is 6.33. The van der Waals surface area contributed by atoms with Gasteiger partial charge in [0, 0.05) is 19.0 Å². The summed E-state index contributed by atoms with van der Waals surface area (Å²) in [5, 5.41) is 5.54. The molecule has 0 aliphatic rings. The van der Waals surface area contributed by atoms with E-state index in [9.17, 15) is 9.59 Å². The third-order valence-corrected chi connectivity index (χ3v) is 2.38. The molecule has 0 atom stereocenters. The molecule has 2 amide bonds. The molecule has 0 radical (unpaired) electrons. The fourth-order valence-corrected chi connectivity index (χ4v) is 1.31. The molecule has 0 aromatic heterocycles. The minimum absolute atomic E-state index is 0.143. The van der Waals surface area contributed by atoms with Gasteiger partial charge in [-0.25, -0.2) is 0 Å². The van der Waals surface area contributed by atoms with Gasteiger partial charge < -0.3 is 10.6 Å². The quantitative estimate of drug-likeness (QED) is 0.850. The lowest BCUT2D eigenvalue weighted by Crippen LogP contribution is -2.18.